The maximum atomic E-state index is 6.11. The molecule has 3 rings (SSSR count). The van der Waals surface area contributed by atoms with Crippen LogP contribution in [0, 0.1) is 6.92 Å². The number of fused-ring (bicyclic) bond motifs is 1. The zero-order chi connectivity index (χ0) is 15.0. The normalized spacial score (nSPS) is 17.6. The first-order valence-corrected chi connectivity index (χ1v) is 8.21. The Morgan fingerprint density at radius 3 is 2.62 bits per heavy atom. The molecule has 1 saturated heterocycles. The Morgan fingerprint density at radius 2 is 1.95 bits per heavy atom. The van der Waals surface area contributed by atoms with Gasteiger partial charge in [0.15, 0.2) is 0 Å². The third kappa shape index (κ3) is 3.33. The Bertz CT molecular complexity index is 623. The second-order valence-electron chi connectivity index (χ2n) is 6.52. The van der Waals surface area contributed by atoms with E-state index >= 15 is 0 Å². The lowest BCUT2D eigenvalue weighted by Crippen LogP contribution is -2.53. The van der Waals surface area contributed by atoms with Gasteiger partial charge in [0.2, 0.25) is 0 Å². The Labute approximate surface area is 129 Å². The van der Waals surface area contributed by atoms with Gasteiger partial charge < -0.3 is 10.6 Å². The van der Waals surface area contributed by atoms with Crippen LogP contribution in [0.4, 0.5) is 5.82 Å². The molecule has 21 heavy (non-hydrogen) atoms. The SMILES string of the molecule is Cc1cc2c(N3CCN(CC(C)(C)N)CC3)ncnc2s1. The standard InChI is InChI=1S/C15H23N5S/c1-11-8-12-13(17-10-18-14(12)21-11)20-6-4-19(5-7-20)9-15(2,3)16/h8,10H,4-7,9,16H2,1-3H3. The Kier molecular flexibility index (Phi) is 3.86. The molecule has 0 amide bonds. The number of anilines is 1. The van der Waals surface area contributed by atoms with E-state index in [0.29, 0.717) is 0 Å². The Balaban J connectivity index is 1.74. The first-order valence-electron chi connectivity index (χ1n) is 7.40. The first-order chi connectivity index (χ1) is 9.92. The molecule has 2 N–H and O–H groups in total. The van der Waals surface area contributed by atoms with Gasteiger partial charge in [-0.2, -0.15) is 0 Å². The van der Waals surface area contributed by atoms with Gasteiger partial charge in [-0.25, -0.2) is 9.97 Å². The molecule has 0 saturated carbocycles. The summed E-state index contributed by atoms with van der Waals surface area (Å²) in [7, 11) is 0. The van der Waals surface area contributed by atoms with Crippen LogP contribution < -0.4 is 10.6 Å². The van der Waals surface area contributed by atoms with Gasteiger partial charge in [0.25, 0.3) is 0 Å². The van der Waals surface area contributed by atoms with Crippen LogP contribution in [0.5, 0.6) is 0 Å². The summed E-state index contributed by atoms with van der Waals surface area (Å²) in [6.45, 7) is 11.3. The molecule has 1 fully saturated rings. The van der Waals surface area contributed by atoms with Crippen LogP contribution in [-0.2, 0) is 0 Å². The highest BCUT2D eigenvalue weighted by Crippen LogP contribution is 2.30. The van der Waals surface area contributed by atoms with Crippen molar-refractivity contribution < 1.29 is 0 Å². The number of hydrogen-bond acceptors (Lipinski definition) is 6. The molecule has 6 heteroatoms. The van der Waals surface area contributed by atoms with Crippen LogP contribution in [0.25, 0.3) is 10.2 Å². The monoisotopic (exact) mass is 305 g/mol. The van der Waals surface area contributed by atoms with Crippen LogP contribution in [0.2, 0.25) is 0 Å². The molecule has 0 bridgehead atoms. The minimum atomic E-state index is -0.130. The smallest absolute Gasteiger partial charge is 0.140 e. The summed E-state index contributed by atoms with van der Waals surface area (Å²) < 4.78 is 0. The molecule has 1 aliphatic heterocycles. The van der Waals surface area contributed by atoms with Crippen molar-refractivity contribution >= 4 is 27.4 Å². The van der Waals surface area contributed by atoms with Crippen LogP contribution in [0.1, 0.15) is 18.7 Å². The van der Waals surface area contributed by atoms with Crippen LogP contribution in [0.3, 0.4) is 0 Å². The molecule has 2 aromatic heterocycles. The van der Waals surface area contributed by atoms with Gasteiger partial charge in [-0.05, 0) is 26.8 Å². The second-order valence-corrected chi connectivity index (χ2v) is 7.76. The molecule has 3 heterocycles. The van der Waals surface area contributed by atoms with E-state index in [0.717, 1.165) is 43.4 Å². The van der Waals surface area contributed by atoms with E-state index in [1.165, 1.54) is 10.3 Å². The van der Waals surface area contributed by atoms with Crippen LogP contribution in [0.15, 0.2) is 12.4 Å². The van der Waals surface area contributed by atoms with Gasteiger partial charge in [-0.15, -0.1) is 11.3 Å². The predicted octanol–water partition coefficient (Wildman–Crippen LogP) is 1.86. The van der Waals surface area contributed by atoms with E-state index in [1.807, 2.05) is 0 Å². The molecule has 0 unspecified atom stereocenters. The number of rotatable bonds is 3. The van der Waals surface area contributed by atoms with Crippen LogP contribution >= 0.6 is 11.3 Å². The first kappa shape index (κ1) is 14.7. The number of aromatic nitrogens is 2. The van der Waals surface area contributed by atoms with Gasteiger partial charge in [0, 0.05) is 43.1 Å². The molecular formula is C15H23N5S. The maximum Gasteiger partial charge on any atom is 0.140 e. The fourth-order valence-electron chi connectivity index (χ4n) is 2.91. The van der Waals surface area contributed by atoms with Crippen molar-refractivity contribution in [1.82, 2.24) is 14.9 Å². The molecule has 0 aromatic carbocycles. The zero-order valence-electron chi connectivity index (χ0n) is 13.0. The lowest BCUT2D eigenvalue weighted by Gasteiger charge is -2.38. The average Bonchev–Trinajstić information content (AvgIpc) is 2.78. The molecule has 1 aliphatic rings. The third-order valence-corrected chi connectivity index (χ3v) is 4.69. The van der Waals surface area contributed by atoms with Gasteiger partial charge in [-0.3, -0.25) is 4.90 Å². The lowest BCUT2D eigenvalue weighted by atomic mass is 10.1. The largest absolute Gasteiger partial charge is 0.353 e. The third-order valence-electron chi connectivity index (χ3n) is 3.73. The molecule has 0 spiro atoms. The summed E-state index contributed by atoms with van der Waals surface area (Å²) in [4.78, 5) is 16.1. The highest BCUT2D eigenvalue weighted by Gasteiger charge is 2.23. The van der Waals surface area contributed by atoms with Crippen molar-refractivity contribution in [3.63, 3.8) is 0 Å². The molecule has 0 atom stereocenters. The van der Waals surface area contributed by atoms with Crippen molar-refractivity contribution in [2.24, 2.45) is 5.73 Å². The van der Waals surface area contributed by atoms with Gasteiger partial charge in [0.1, 0.15) is 17.0 Å². The predicted molar refractivity (Wildman–Crippen MR) is 89.1 cm³/mol. The number of aryl methyl sites for hydroxylation is 1. The molecule has 2 aromatic rings. The Morgan fingerprint density at radius 1 is 1.24 bits per heavy atom. The molecular weight excluding hydrogens is 282 g/mol. The maximum absolute atomic E-state index is 6.11. The summed E-state index contributed by atoms with van der Waals surface area (Å²) in [6, 6.07) is 2.20. The average molecular weight is 305 g/mol. The Hall–Kier alpha value is -1.24. The summed E-state index contributed by atoms with van der Waals surface area (Å²) in [5.41, 5.74) is 5.98. The van der Waals surface area contributed by atoms with Crippen molar-refractivity contribution in [2.75, 3.05) is 37.6 Å². The van der Waals surface area contributed by atoms with E-state index in [4.69, 9.17) is 5.73 Å². The van der Waals surface area contributed by atoms with Gasteiger partial charge in [-0.1, -0.05) is 0 Å². The number of nitrogens with zero attached hydrogens (tertiary/aromatic N) is 4. The number of nitrogens with two attached hydrogens (primary N) is 1. The molecule has 0 radical (unpaired) electrons. The highest BCUT2D eigenvalue weighted by atomic mass is 32.1. The fraction of sp³-hybridized carbons (Fsp3) is 0.600. The number of piperazine rings is 1. The highest BCUT2D eigenvalue weighted by molar-refractivity contribution is 7.18. The van der Waals surface area contributed by atoms with E-state index < -0.39 is 0 Å². The molecule has 114 valence electrons. The van der Waals surface area contributed by atoms with E-state index in [1.54, 1.807) is 17.7 Å². The minimum Gasteiger partial charge on any atom is -0.353 e. The lowest BCUT2D eigenvalue weighted by molar-refractivity contribution is 0.214. The van der Waals surface area contributed by atoms with Crippen LogP contribution in [-0.4, -0.2) is 53.1 Å². The molecule has 0 aliphatic carbocycles. The second kappa shape index (κ2) is 5.51. The zero-order valence-corrected chi connectivity index (χ0v) is 13.8. The quantitative estimate of drug-likeness (QED) is 0.938. The van der Waals surface area contributed by atoms with Gasteiger partial charge in [0.05, 0.1) is 5.39 Å². The topological polar surface area (TPSA) is 58.3 Å². The minimum absolute atomic E-state index is 0.130. The molecule has 5 nitrogen and oxygen atoms in total. The fourth-order valence-corrected chi connectivity index (χ4v) is 3.75. The number of thiophene rings is 1. The summed E-state index contributed by atoms with van der Waals surface area (Å²) >= 11 is 1.73. The number of hydrogen-bond donors (Lipinski definition) is 1. The van der Waals surface area contributed by atoms with Crippen molar-refractivity contribution in [1.29, 1.82) is 0 Å². The summed E-state index contributed by atoms with van der Waals surface area (Å²) in [5, 5.41) is 1.19. The van der Waals surface area contributed by atoms with Gasteiger partial charge >= 0.3 is 0 Å². The summed E-state index contributed by atoms with van der Waals surface area (Å²) in [6.07, 6.45) is 1.68. The van der Waals surface area contributed by atoms with Crippen molar-refractivity contribution in [2.45, 2.75) is 26.3 Å². The van der Waals surface area contributed by atoms with E-state index in [-0.39, 0.29) is 5.54 Å². The van der Waals surface area contributed by atoms with E-state index in [2.05, 4.69) is 46.6 Å². The van der Waals surface area contributed by atoms with Crippen molar-refractivity contribution in [3.05, 3.63) is 17.3 Å². The van der Waals surface area contributed by atoms with Crippen molar-refractivity contribution in [3.8, 4) is 0 Å². The summed E-state index contributed by atoms with van der Waals surface area (Å²) in [5.74, 6) is 1.08. The van der Waals surface area contributed by atoms with E-state index in [9.17, 15) is 0 Å².